The van der Waals surface area contributed by atoms with Gasteiger partial charge in [0.25, 0.3) is 0 Å². The predicted molar refractivity (Wildman–Crippen MR) is 50.1 cm³/mol. The summed E-state index contributed by atoms with van der Waals surface area (Å²) in [4.78, 5) is 0. The van der Waals surface area contributed by atoms with Gasteiger partial charge in [-0.15, -0.1) is 0 Å². The fraction of sp³-hybridized carbons (Fsp3) is 0.400. The first-order chi connectivity index (χ1) is 5.65. The number of hydrogen-bond acceptors (Lipinski definition) is 0. The Hall–Kier alpha value is -0.560. The lowest BCUT2D eigenvalue weighted by Crippen LogP contribution is -1.92. The van der Waals surface area contributed by atoms with Crippen molar-refractivity contribution in [3.63, 3.8) is 0 Å². The zero-order valence-electron chi connectivity index (χ0n) is 7.27. The maximum absolute atomic E-state index is 12.6. The van der Waals surface area contributed by atoms with E-state index in [1.165, 1.54) is 12.1 Å². The molecule has 0 aliphatic carbocycles. The Morgan fingerprint density at radius 3 is 2.67 bits per heavy atom. The zero-order chi connectivity index (χ0) is 9.14. The van der Waals surface area contributed by atoms with Crippen molar-refractivity contribution in [3.8, 4) is 0 Å². The van der Waals surface area contributed by atoms with Crippen LogP contribution in [0.15, 0.2) is 18.2 Å². The number of hydrogen-bond donors (Lipinski definition) is 0. The van der Waals surface area contributed by atoms with Gasteiger partial charge in [0.15, 0.2) is 0 Å². The molecular weight excluding hydrogens is 175 g/mol. The van der Waals surface area contributed by atoms with Crippen LogP contribution in [-0.2, 0) is 0 Å². The highest BCUT2D eigenvalue weighted by Gasteiger charge is 2.07. The summed E-state index contributed by atoms with van der Waals surface area (Å²) < 4.78 is 12.6. The SMILES string of the molecule is CC[C@H](C)c1ccc(F)cc1Cl. The van der Waals surface area contributed by atoms with Gasteiger partial charge in [0.2, 0.25) is 0 Å². The Bertz CT molecular complexity index is 271. The third kappa shape index (κ3) is 1.98. The van der Waals surface area contributed by atoms with Gasteiger partial charge in [-0.2, -0.15) is 0 Å². The monoisotopic (exact) mass is 186 g/mol. The molecule has 0 bridgehead atoms. The van der Waals surface area contributed by atoms with Crippen molar-refractivity contribution in [2.24, 2.45) is 0 Å². The first-order valence-corrected chi connectivity index (χ1v) is 4.48. The molecule has 1 aromatic carbocycles. The average Bonchev–Trinajstić information content (AvgIpc) is 2.03. The molecule has 0 fully saturated rings. The van der Waals surface area contributed by atoms with Crippen LogP contribution in [0.5, 0.6) is 0 Å². The van der Waals surface area contributed by atoms with E-state index in [2.05, 4.69) is 13.8 Å². The van der Waals surface area contributed by atoms with Crippen molar-refractivity contribution in [1.82, 2.24) is 0 Å². The lowest BCUT2D eigenvalue weighted by molar-refractivity contribution is 0.625. The van der Waals surface area contributed by atoms with Gasteiger partial charge in [-0.25, -0.2) is 4.39 Å². The zero-order valence-corrected chi connectivity index (χ0v) is 8.03. The summed E-state index contributed by atoms with van der Waals surface area (Å²) in [5.74, 6) is 0.130. The molecule has 0 radical (unpaired) electrons. The lowest BCUT2D eigenvalue weighted by atomic mass is 9.99. The Morgan fingerprint density at radius 2 is 2.17 bits per heavy atom. The fourth-order valence-electron chi connectivity index (χ4n) is 1.12. The summed E-state index contributed by atoms with van der Waals surface area (Å²) in [6.45, 7) is 4.17. The van der Waals surface area contributed by atoms with E-state index in [0.717, 1.165) is 12.0 Å². The molecule has 0 saturated heterocycles. The maximum Gasteiger partial charge on any atom is 0.124 e. The van der Waals surface area contributed by atoms with E-state index in [1.807, 2.05) is 0 Å². The highest BCUT2D eigenvalue weighted by Crippen LogP contribution is 2.26. The largest absolute Gasteiger partial charge is 0.207 e. The topological polar surface area (TPSA) is 0 Å². The molecule has 1 rings (SSSR count). The number of benzene rings is 1. The van der Waals surface area contributed by atoms with Crippen LogP contribution in [0.25, 0.3) is 0 Å². The van der Waals surface area contributed by atoms with Crippen molar-refractivity contribution in [2.45, 2.75) is 26.2 Å². The van der Waals surface area contributed by atoms with Crippen molar-refractivity contribution in [1.29, 1.82) is 0 Å². The molecule has 0 amide bonds. The number of rotatable bonds is 2. The molecule has 0 spiro atoms. The van der Waals surface area contributed by atoms with Gasteiger partial charge in [-0.3, -0.25) is 0 Å². The van der Waals surface area contributed by atoms with Crippen LogP contribution in [0.2, 0.25) is 5.02 Å². The third-order valence-electron chi connectivity index (χ3n) is 2.11. The van der Waals surface area contributed by atoms with Crippen molar-refractivity contribution in [3.05, 3.63) is 34.6 Å². The Labute approximate surface area is 77.4 Å². The highest BCUT2D eigenvalue weighted by atomic mass is 35.5. The molecule has 12 heavy (non-hydrogen) atoms. The van der Waals surface area contributed by atoms with Crippen LogP contribution in [-0.4, -0.2) is 0 Å². The van der Waals surface area contributed by atoms with E-state index in [0.29, 0.717) is 10.9 Å². The van der Waals surface area contributed by atoms with Crippen LogP contribution in [0.3, 0.4) is 0 Å². The minimum atomic E-state index is -0.271. The van der Waals surface area contributed by atoms with E-state index in [-0.39, 0.29) is 5.82 Å². The smallest absolute Gasteiger partial charge is 0.124 e. The molecule has 2 heteroatoms. The van der Waals surface area contributed by atoms with Crippen molar-refractivity contribution < 1.29 is 4.39 Å². The highest BCUT2D eigenvalue weighted by molar-refractivity contribution is 6.31. The standard InChI is InChI=1S/C10H12ClF/c1-3-7(2)9-5-4-8(12)6-10(9)11/h4-7H,3H2,1-2H3/t7-/m0/s1. The molecule has 66 valence electrons. The van der Waals surface area contributed by atoms with Crippen LogP contribution in [0.1, 0.15) is 31.7 Å². The quantitative estimate of drug-likeness (QED) is 0.655. The summed E-state index contributed by atoms with van der Waals surface area (Å²) in [6.07, 6.45) is 1.02. The van der Waals surface area contributed by atoms with Crippen molar-refractivity contribution in [2.75, 3.05) is 0 Å². The lowest BCUT2D eigenvalue weighted by Gasteiger charge is -2.10. The summed E-state index contributed by atoms with van der Waals surface area (Å²) in [5.41, 5.74) is 1.03. The van der Waals surface area contributed by atoms with Gasteiger partial charge >= 0.3 is 0 Å². The molecule has 0 unspecified atom stereocenters. The number of halogens is 2. The Balaban J connectivity index is 3.01. The van der Waals surface area contributed by atoms with Gasteiger partial charge < -0.3 is 0 Å². The summed E-state index contributed by atoms with van der Waals surface area (Å²) >= 11 is 5.86. The van der Waals surface area contributed by atoms with E-state index in [4.69, 9.17) is 11.6 Å². The molecule has 0 aliphatic rings. The third-order valence-corrected chi connectivity index (χ3v) is 2.43. The first kappa shape index (κ1) is 9.53. The molecular formula is C10H12ClF. The fourth-order valence-corrected chi connectivity index (χ4v) is 1.47. The Kier molecular flexibility index (Phi) is 3.10. The summed E-state index contributed by atoms with van der Waals surface area (Å²) in [5, 5.41) is 0.532. The Morgan fingerprint density at radius 1 is 1.50 bits per heavy atom. The summed E-state index contributed by atoms with van der Waals surface area (Å²) in [7, 11) is 0. The van der Waals surface area contributed by atoms with E-state index < -0.39 is 0 Å². The van der Waals surface area contributed by atoms with Gasteiger partial charge in [0.1, 0.15) is 5.82 Å². The van der Waals surface area contributed by atoms with Crippen LogP contribution in [0.4, 0.5) is 4.39 Å². The normalized spacial score (nSPS) is 13.0. The van der Waals surface area contributed by atoms with Crippen LogP contribution in [0, 0.1) is 5.82 Å². The average molecular weight is 187 g/mol. The van der Waals surface area contributed by atoms with Gasteiger partial charge in [-0.05, 0) is 30.0 Å². The van der Waals surface area contributed by atoms with Crippen LogP contribution >= 0.6 is 11.6 Å². The predicted octanol–water partition coefficient (Wildman–Crippen LogP) is 3.99. The molecule has 1 aromatic rings. The maximum atomic E-state index is 12.6. The minimum Gasteiger partial charge on any atom is -0.207 e. The second-order valence-corrected chi connectivity index (χ2v) is 3.38. The van der Waals surface area contributed by atoms with Gasteiger partial charge in [0.05, 0.1) is 0 Å². The first-order valence-electron chi connectivity index (χ1n) is 4.10. The van der Waals surface area contributed by atoms with E-state index in [9.17, 15) is 4.39 Å². The molecule has 0 N–H and O–H groups in total. The molecule has 0 nitrogen and oxygen atoms in total. The van der Waals surface area contributed by atoms with Gasteiger partial charge in [0, 0.05) is 5.02 Å². The summed E-state index contributed by atoms with van der Waals surface area (Å²) in [6, 6.07) is 4.57. The van der Waals surface area contributed by atoms with Crippen LogP contribution < -0.4 is 0 Å². The molecule has 0 aliphatic heterocycles. The molecule has 0 heterocycles. The molecule has 1 atom stereocenters. The minimum absolute atomic E-state index is 0.271. The van der Waals surface area contributed by atoms with E-state index >= 15 is 0 Å². The molecule has 0 aromatic heterocycles. The second kappa shape index (κ2) is 3.90. The van der Waals surface area contributed by atoms with Gasteiger partial charge in [-0.1, -0.05) is 31.5 Å². The van der Waals surface area contributed by atoms with E-state index in [1.54, 1.807) is 6.07 Å². The molecule has 0 saturated carbocycles. The van der Waals surface area contributed by atoms with Crippen molar-refractivity contribution >= 4 is 11.6 Å². The second-order valence-electron chi connectivity index (χ2n) is 2.98.